The van der Waals surface area contributed by atoms with Crippen molar-refractivity contribution < 1.29 is 28.2 Å². The fraction of sp³-hybridized carbons (Fsp3) is 0.467. The molecule has 0 aliphatic carbocycles. The Balaban J connectivity index is 2.49. The Morgan fingerprint density at radius 2 is 1.82 bits per heavy atom. The normalized spacial score (nSPS) is 12.3. The van der Waals surface area contributed by atoms with Gasteiger partial charge in [-0.15, -0.1) is 0 Å². The number of amides is 1. The predicted molar refractivity (Wildman–Crippen MR) is 76.2 cm³/mol. The second kappa shape index (κ2) is 8.31. The highest BCUT2D eigenvalue weighted by Gasteiger charge is 2.24. The highest BCUT2D eigenvalue weighted by Crippen LogP contribution is 2.18. The van der Waals surface area contributed by atoms with Gasteiger partial charge in [-0.2, -0.15) is 0 Å². The molecule has 2 N–H and O–H groups in total. The highest BCUT2D eigenvalue weighted by atomic mass is 19.3. The Morgan fingerprint density at radius 3 is 2.27 bits per heavy atom. The van der Waals surface area contributed by atoms with Crippen LogP contribution in [-0.2, 0) is 9.59 Å². The number of rotatable bonds is 8. The van der Waals surface area contributed by atoms with Gasteiger partial charge in [0.25, 0.3) is 5.91 Å². The lowest BCUT2D eigenvalue weighted by Crippen LogP contribution is -2.44. The molecule has 1 aromatic carbocycles. The van der Waals surface area contributed by atoms with E-state index in [-0.39, 0.29) is 0 Å². The van der Waals surface area contributed by atoms with Gasteiger partial charge < -0.3 is 15.2 Å². The number of carbonyl (C=O) groups excluding carboxylic acids is 1. The molecule has 0 radical (unpaired) electrons. The minimum absolute atomic E-state index is 0.364. The van der Waals surface area contributed by atoms with E-state index in [9.17, 15) is 18.4 Å². The van der Waals surface area contributed by atoms with Crippen molar-refractivity contribution in [2.45, 2.75) is 38.7 Å². The Kier molecular flexibility index (Phi) is 6.75. The summed E-state index contributed by atoms with van der Waals surface area (Å²) in [6.45, 7) is 3.64. The zero-order chi connectivity index (χ0) is 16.7. The van der Waals surface area contributed by atoms with Crippen LogP contribution >= 0.6 is 0 Å². The first-order chi connectivity index (χ1) is 10.3. The summed E-state index contributed by atoms with van der Waals surface area (Å²) in [6, 6.07) is 5.47. The van der Waals surface area contributed by atoms with Gasteiger partial charge in [0.05, 0.1) is 0 Å². The molecule has 122 valence electrons. The third-order valence-corrected chi connectivity index (χ3v) is 2.96. The van der Waals surface area contributed by atoms with Crippen LogP contribution in [0.15, 0.2) is 24.3 Å². The standard InChI is InChI=1S/C15H19F2NO4/c1-9(2)10-3-5-11(6-4-10)22-8-14(19)18-12(15(20)21)7-13(16)17/h3-6,9,12-13H,7-8H2,1-2H3,(H,18,19)(H,20,21). The first-order valence-electron chi connectivity index (χ1n) is 6.82. The van der Waals surface area contributed by atoms with Gasteiger partial charge in [-0.25, -0.2) is 13.6 Å². The van der Waals surface area contributed by atoms with Crippen LogP contribution in [0.1, 0.15) is 31.7 Å². The van der Waals surface area contributed by atoms with Gasteiger partial charge in [-0.1, -0.05) is 26.0 Å². The molecule has 0 saturated carbocycles. The van der Waals surface area contributed by atoms with E-state index in [0.717, 1.165) is 5.56 Å². The number of nitrogens with one attached hydrogen (secondary N) is 1. The monoisotopic (exact) mass is 315 g/mol. The summed E-state index contributed by atoms with van der Waals surface area (Å²) in [7, 11) is 0. The molecule has 1 aromatic rings. The van der Waals surface area contributed by atoms with Gasteiger partial charge in [-0.05, 0) is 23.6 Å². The van der Waals surface area contributed by atoms with Crippen LogP contribution in [0.4, 0.5) is 8.78 Å². The van der Waals surface area contributed by atoms with E-state index in [1.807, 2.05) is 31.3 Å². The fourth-order valence-corrected chi connectivity index (χ4v) is 1.73. The topological polar surface area (TPSA) is 75.6 Å². The molecular formula is C15H19F2NO4. The molecule has 0 bridgehead atoms. The Morgan fingerprint density at radius 1 is 1.23 bits per heavy atom. The smallest absolute Gasteiger partial charge is 0.326 e. The van der Waals surface area contributed by atoms with E-state index >= 15 is 0 Å². The van der Waals surface area contributed by atoms with Crippen LogP contribution in [0.3, 0.4) is 0 Å². The molecule has 5 nitrogen and oxygen atoms in total. The molecule has 0 heterocycles. The number of ether oxygens (including phenoxy) is 1. The van der Waals surface area contributed by atoms with Crippen molar-refractivity contribution in [2.75, 3.05) is 6.61 Å². The van der Waals surface area contributed by atoms with E-state index in [0.29, 0.717) is 11.7 Å². The molecule has 1 rings (SSSR count). The Bertz CT molecular complexity index is 503. The third-order valence-electron chi connectivity index (χ3n) is 2.96. The maximum Gasteiger partial charge on any atom is 0.326 e. The molecule has 0 saturated heterocycles. The largest absolute Gasteiger partial charge is 0.484 e. The molecule has 1 atom stereocenters. The number of alkyl halides is 2. The molecule has 0 aliphatic heterocycles. The lowest BCUT2D eigenvalue weighted by molar-refractivity contribution is -0.143. The van der Waals surface area contributed by atoms with Crippen molar-refractivity contribution >= 4 is 11.9 Å². The number of hydrogen-bond donors (Lipinski definition) is 2. The summed E-state index contributed by atoms with van der Waals surface area (Å²) in [5.41, 5.74) is 1.11. The van der Waals surface area contributed by atoms with Crippen LogP contribution < -0.4 is 10.1 Å². The number of carboxylic acid groups (broad SMARTS) is 1. The van der Waals surface area contributed by atoms with Gasteiger partial charge in [0.2, 0.25) is 6.43 Å². The number of carbonyl (C=O) groups is 2. The summed E-state index contributed by atoms with van der Waals surface area (Å²) in [4.78, 5) is 22.3. The summed E-state index contributed by atoms with van der Waals surface area (Å²) in [5.74, 6) is -1.46. The van der Waals surface area contributed by atoms with Crippen molar-refractivity contribution in [3.05, 3.63) is 29.8 Å². The van der Waals surface area contributed by atoms with Gasteiger partial charge >= 0.3 is 5.97 Å². The fourth-order valence-electron chi connectivity index (χ4n) is 1.73. The number of benzene rings is 1. The van der Waals surface area contributed by atoms with Crippen molar-refractivity contribution in [3.63, 3.8) is 0 Å². The predicted octanol–water partition coefficient (Wildman–Crippen LogP) is 2.41. The average molecular weight is 315 g/mol. The van der Waals surface area contributed by atoms with Crippen molar-refractivity contribution in [1.29, 1.82) is 0 Å². The Labute approximate surface area is 127 Å². The second-order valence-electron chi connectivity index (χ2n) is 5.10. The van der Waals surface area contributed by atoms with Crippen LogP contribution in [0.2, 0.25) is 0 Å². The lowest BCUT2D eigenvalue weighted by atomic mass is 10.0. The summed E-state index contributed by atoms with van der Waals surface area (Å²) in [6.07, 6.45) is -3.75. The van der Waals surface area contributed by atoms with Crippen LogP contribution in [-0.4, -0.2) is 36.1 Å². The van der Waals surface area contributed by atoms with E-state index in [4.69, 9.17) is 9.84 Å². The van der Waals surface area contributed by atoms with Crippen molar-refractivity contribution in [1.82, 2.24) is 5.32 Å². The zero-order valence-corrected chi connectivity index (χ0v) is 12.4. The molecule has 0 fully saturated rings. The summed E-state index contributed by atoms with van der Waals surface area (Å²) < 4.78 is 29.6. The highest BCUT2D eigenvalue weighted by molar-refractivity contribution is 5.84. The Hall–Kier alpha value is -2.18. The zero-order valence-electron chi connectivity index (χ0n) is 12.4. The van der Waals surface area contributed by atoms with Crippen molar-refractivity contribution in [3.8, 4) is 5.75 Å². The molecule has 1 amide bonds. The molecule has 0 spiro atoms. The molecule has 0 aromatic heterocycles. The van der Waals surface area contributed by atoms with Crippen LogP contribution in [0, 0.1) is 0 Å². The third kappa shape index (κ3) is 6.07. The quantitative estimate of drug-likeness (QED) is 0.772. The van der Waals surface area contributed by atoms with Crippen LogP contribution in [0.25, 0.3) is 0 Å². The minimum Gasteiger partial charge on any atom is -0.484 e. The van der Waals surface area contributed by atoms with E-state index in [2.05, 4.69) is 0 Å². The van der Waals surface area contributed by atoms with E-state index in [1.165, 1.54) is 0 Å². The van der Waals surface area contributed by atoms with Crippen LogP contribution in [0.5, 0.6) is 5.75 Å². The van der Waals surface area contributed by atoms with Gasteiger partial charge in [0.1, 0.15) is 11.8 Å². The minimum atomic E-state index is -2.81. The van der Waals surface area contributed by atoms with E-state index < -0.39 is 37.4 Å². The maximum absolute atomic E-state index is 12.2. The number of halogens is 2. The molecular weight excluding hydrogens is 296 g/mol. The number of hydrogen-bond acceptors (Lipinski definition) is 3. The molecule has 7 heteroatoms. The molecule has 22 heavy (non-hydrogen) atoms. The number of carboxylic acids is 1. The van der Waals surface area contributed by atoms with Gasteiger partial charge in [0.15, 0.2) is 6.61 Å². The number of aliphatic carboxylic acids is 1. The lowest BCUT2D eigenvalue weighted by Gasteiger charge is -2.14. The maximum atomic E-state index is 12.2. The average Bonchev–Trinajstić information content (AvgIpc) is 2.44. The second-order valence-corrected chi connectivity index (χ2v) is 5.10. The summed E-state index contributed by atoms with van der Waals surface area (Å²) >= 11 is 0. The van der Waals surface area contributed by atoms with E-state index in [1.54, 1.807) is 12.1 Å². The van der Waals surface area contributed by atoms with Gasteiger partial charge in [-0.3, -0.25) is 4.79 Å². The first-order valence-corrected chi connectivity index (χ1v) is 6.82. The summed E-state index contributed by atoms with van der Waals surface area (Å²) in [5, 5.41) is 10.8. The van der Waals surface area contributed by atoms with Crippen molar-refractivity contribution in [2.24, 2.45) is 0 Å². The molecule has 0 aliphatic rings. The SMILES string of the molecule is CC(C)c1ccc(OCC(=O)NC(CC(F)F)C(=O)O)cc1. The van der Waals surface area contributed by atoms with Gasteiger partial charge in [0, 0.05) is 6.42 Å². The first kappa shape index (κ1) is 17.9. The molecule has 1 unspecified atom stereocenters.